The molecule has 3 aliphatic heterocycles. The summed E-state index contributed by atoms with van der Waals surface area (Å²) in [6.45, 7) is 10.7. The summed E-state index contributed by atoms with van der Waals surface area (Å²) in [5.41, 5.74) is 23.8. The molecule has 24 nitrogen and oxygen atoms in total. The number of carboxylic acid groups (broad SMARTS) is 1. The molecule has 0 spiro atoms. The predicted octanol–water partition coefficient (Wildman–Crippen LogP) is -1.67. The molecular formula is C50H79N13O11. The largest absolute Gasteiger partial charge is 0.480 e. The minimum Gasteiger partial charge on any atom is -0.480 e. The number of hydrogen-bond acceptors (Lipinski definition) is 12. The van der Waals surface area contributed by atoms with Crippen molar-refractivity contribution < 1.29 is 53.1 Å². The quantitative estimate of drug-likeness (QED) is 0.0282. The van der Waals surface area contributed by atoms with Gasteiger partial charge in [0.05, 0.1) is 6.04 Å². The Morgan fingerprint density at radius 2 is 1.08 bits per heavy atom. The Balaban J connectivity index is 1.50. The molecule has 24 heteroatoms. The van der Waals surface area contributed by atoms with Crippen LogP contribution in [0.3, 0.4) is 0 Å². The van der Waals surface area contributed by atoms with Gasteiger partial charge in [-0.1, -0.05) is 71.9 Å². The minimum atomic E-state index is -1.42. The lowest BCUT2D eigenvalue weighted by molar-refractivity contribution is -0.146. The second-order valence-electron chi connectivity index (χ2n) is 20.5. The number of guanidine groups is 1. The maximum Gasteiger partial charge on any atom is 0.326 e. The number of aliphatic imine (C=N–C) groups is 1. The van der Waals surface area contributed by atoms with Gasteiger partial charge in [-0.25, -0.2) is 4.79 Å². The number of rotatable bonds is 26. The molecule has 1 aromatic rings. The van der Waals surface area contributed by atoms with Gasteiger partial charge in [0.15, 0.2) is 5.96 Å². The Kier molecular flexibility index (Phi) is 22.6. The lowest BCUT2D eigenvalue weighted by Gasteiger charge is -2.33. The van der Waals surface area contributed by atoms with E-state index in [1.165, 1.54) is 14.7 Å². The van der Waals surface area contributed by atoms with Gasteiger partial charge < -0.3 is 69.3 Å². The van der Waals surface area contributed by atoms with Gasteiger partial charge in [-0.15, -0.1) is 0 Å². The number of likely N-dealkylation sites (tertiary alicyclic amines) is 3. The van der Waals surface area contributed by atoms with Gasteiger partial charge in [0.25, 0.3) is 0 Å². The molecule has 9 amide bonds. The SMILES string of the molecule is CC(C)[C@H](NC(=O)[C@@H]1CCCN1C(=O)[C@@H](NC(=O)[C@H](CCC(N)=O)NC(=O)[C@@H]1CCCN1C(=O)[C@H](CCCN=C(N)N)NC(=O)[C@@H](NC(=O)[C@@H]1CCCN1C(=O)[C@@H](N)Cc1ccccc1)C(C)C)C(C)C)C(=O)O. The first-order valence-corrected chi connectivity index (χ1v) is 25.7. The molecule has 3 saturated heterocycles. The van der Waals surface area contributed by atoms with Crippen molar-refractivity contribution in [3.05, 3.63) is 35.9 Å². The van der Waals surface area contributed by atoms with Crippen LogP contribution in [0.25, 0.3) is 0 Å². The van der Waals surface area contributed by atoms with Crippen molar-refractivity contribution in [1.29, 1.82) is 0 Å². The summed E-state index contributed by atoms with van der Waals surface area (Å²) in [6, 6.07) is -0.874. The van der Waals surface area contributed by atoms with Crippen LogP contribution < -0.4 is 49.5 Å². The topological polar surface area (TPSA) is 377 Å². The molecule has 4 rings (SSSR count). The van der Waals surface area contributed by atoms with E-state index in [1.807, 2.05) is 30.3 Å². The molecule has 1 aromatic carbocycles. The van der Waals surface area contributed by atoms with Crippen molar-refractivity contribution in [2.24, 2.45) is 45.7 Å². The molecule has 3 heterocycles. The first-order chi connectivity index (χ1) is 34.9. The third-order valence-corrected chi connectivity index (χ3v) is 13.7. The summed E-state index contributed by atoms with van der Waals surface area (Å²) in [5.74, 6) is -8.74. The molecule has 410 valence electrons. The average molecular weight is 1040 g/mol. The van der Waals surface area contributed by atoms with Gasteiger partial charge >= 0.3 is 5.97 Å². The number of nitrogens with zero attached hydrogens (tertiary/aromatic N) is 4. The van der Waals surface area contributed by atoms with Crippen LogP contribution in [-0.4, -0.2) is 165 Å². The number of hydrogen-bond donors (Lipinski definition) is 10. The molecule has 0 aromatic heterocycles. The highest BCUT2D eigenvalue weighted by molar-refractivity contribution is 5.99. The highest BCUT2D eigenvalue weighted by atomic mass is 16.4. The van der Waals surface area contributed by atoms with Crippen LogP contribution >= 0.6 is 0 Å². The number of nitrogens with two attached hydrogens (primary N) is 4. The van der Waals surface area contributed by atoms with Gasteiger partial charge in [0.1, 0.15) is 48.3 Å². The van der Waals surface area contributed by atoms with Gasteiger partial charge in [-0.2, -0.15) is 0 Å². The normalized spacial score (nSPS) is 20.0. The zero-order valence-corrected chi connectivity index (χ0v) is 43.5. The standard InChI is InChI=1S/C50H79N13O11/c1-27(2)38(58-43(67)35-18-11-23-61(35)46(70)31(51)26-30-14-8-7-9-15-30)45(69)57-33(16-10-22-55-50(53)54)47(71)62-24-12-17-34(62)42(66)56-32(20-21-37(52)64)41(65)59-39(28(3)4)48(72)63-25-13-19-36(63)44(68)60-40(29(5)6)49(73)74/h7-9,14-15,27-29,31-36,38-40H,10-13,16-26,51H2,1-6H3,(H2,52,64)(H,56,66)(H,57,69)(H,58,67)(H,59,65)(H,60,68)(H,73,74)(H4,53,54,55)/t31-,32-,33-,34-,35-,36-,38-,39-,40-/m0/s1. The third-order valence-electron chi connectivity index (χ3n) is 13.7. The van der Waals surface area contributed by atoms with Crippen LogP contribution in [0.5, 0.6) is 0 Å². The molecule has 74 heavy (non-hydrogen) atoms. The highest BCUT2D eigenvalue weighted by Crippen LogP contribution is 2.24. The summed E-state index contributed by atoms with van der Waals surface area (Å²) in [4.78, 5) is 144. The summed E-state index contributed by atoms with van der Waals surface area (Å²) < 4.78 is 0. The molecule has 0 saturated carbocycles. The Bertz CT molecular complexity index is 2210. The van der Waals surface area contributed by atoms with E-state index in [0.717, 1.165) is 5.56 Å². The van der Waals surface area contributed by atoms with Crippen LogP contribution in [-0.2, 0) is 54.4 Å². The van der Waals surface area contributed by atoms with Crippen LogP contribution in [0, 0.1) is 17.8 Å². The summed E-state index contributed by atoms with van der Waals surface area (Å²) in [5, 5.41) is 23.1. The van der Waals surface area contributed by atoms with Crippen LogP contribution in [0.15, 0.2) is 35.3 Å². The van der Waals surface area contributed by atoms with E-state index in [2.05, 4.69) is 31.6 Å². The van der Waals surface area contributed by atoms with E-state index >= 15 is 0 Å². The predicted molar refractivity (Wildman–Crippen MR) is 272 cm³/mol. The first-order valence-electron chi connectivity index (χ1n) is 25.7. The average Bonchev–Trinajstić information content (AvgIpc) is 4.15. The van der Waals surface area contributed by atoms with Crippen molar-refractivity contribution in [2.45, 2.75) is 167 Å². The van der Waals surface area contributed by atoms with Crippen molar-refractivity contribution >= 4 is 65.1 Å². The van der Waals surface area contributed by atoms with Crippen molar-refractivity contribution in [2.75, 3.05) is 26.2 Å². The fraction of sp³-hybridized carbons (Fsp3) is 0.660. The van der Waals surface area contributed by atoms with Gasteiger partial charge in [0, 0.05) is 32.6 Å². The van der Waals surface area contributed by atoms with E-state index < -0.39 is 131 Å². The van der Waals surface area contributed by atoms with Gasteiger partial charge in [0.2, 0.25) is 53.2 Å². The van der Waals surface area contributed by atoms with Crippen LogP contribution in [0.2, 0.25) is 0 Å². The molecule has 0 radical (unpaired) electrons. The molecular weight excluding hydrogens is 959 g/mol. The van der Waals surface area contributed by atoms with Crippen molar-refractivity contribution in [1.82, 2.24) is 41.3 Å². The highest BCUT2D eigenvalue weighted by Gasteiger charge is 2.44. The maximum absolute atomic E-state index is 14.6. The monoisotopic (exact) mass is 1040 g/mol. The van der Waals surface area contributed by atoms with Crippen molar-refractivity contribution in [3.63, 3.8) is 0 Å². The van der Waals surface area contributed by atoms with Gasteiger partial charge in [-0.3, -0.25) is 48.1 Å². The number of amides is 9. The molecule has 3 aliphatic rings. The first kappa shape index (κ1) is 59.7. The number of carboxylic acids is 1. The summed E-state index contributed by atoms with van der Waals surface area (Å²) >= 11 is 0. The van der Waals surface area contributed by atoms with E-state index in [9.17, 15) is 53.1 Å². The number of benzene rings is 1. The fourth-order valence-electron chi connectivity index (χ4n) is 9.62. The third kappa shape index (κ3) is 16.6. The molecule has 0 bridgehead atoms. The number of carbonyl (C=O) groups is 10. The Hall–Kier alpha value is -6.85. The smallest absolute Gasteiger partial charge is 0.326 e. The maximum atomic E-state index is 14.6. The Morgan fingerprint density at radius 3 is 1.57 bits per heavy atom. The number of aliphatic carboxylic acids is 1. The minimum absolute atomic E-state index is 0.0147. The zero-order valence-electron chi connectivity index (χ0n) is 43.5. The van der Waals surface area contributed by atoms with E-state index in [1.54, 1.807) is 41.5 Å². The van der Waals surface area contributed by atoms with Crippen LogP contribution in [0.4, 0.5) is 0 Å². The number of carbonyl (C=O) groups excluding carboxylic acids is 9. The lowest BCUT2D eigenvalue weighted by atomic mass is 10.00. The van der Waals surface area contributed by atoms with Crippen molar-refractivity contribution in [3.8, 4) is 0 Å². The Morgan fingerprint density at radius 1 is 0.595 bits per heavy atom. The summed E-state index contributed by atoms with van der Waals surface area (Å²) in [7, 11) is 0. The second kappa shape index (κ2) is 28.0. The molecule has 0 unspecified atom stereocenters. The lowest BCUT2D eigenvalue weighted by Crippen LogP contribution is -2.61. The number of primary amides is 1. The Labute approximate surface area is 432 Å². The second-order valence-corrected chi connectivity index (χ2v) is 20.5. The van der Waals surface area contributed by atoms with E-state index in [4.69, 9.17) is 22.9 Å². The zero-order chi connectivity index (χ0) is 55.0. The molecule has 0 aliphatic carbocycles. The summed E-state index contributed by atoms with van der Waals surface area (Å²) in [6.07, 6.45) is 2.03. The van der Waals surface area contributed by atoms with Gasteiger partial charge in [-0.05, 0) is 87.5 Å². The van der Waals surface area contributed by atoms with Crippen LogP contribution in [0.1, 0.15) is 111 Å². The molecule has 9 atom stereocenters. The number of nitrogens with one attached hydrogen (secondary N) is 5. The van der Waals surface area contributed by atoms with E-state index in [0.29, 0.717) is 32.2 Å². The molecule has 3 fully saturated rings. The molecule has 14 N–H and O–H groups in total. The fourth-order valence-corrected chi connectivity index (χ4v) is 9.62. The van der Waals surface area contributed by atoms with E-state index in [-0.39, 0.29) is 70.5 Å².